The van der Waals surface area contributed by atoms with Gasteiger partial charge in [-0.2, -0.15) is 0 Å². The lowest BCUT2D eigenvalue weighted by molar-refractivity contribution is 0.0660. The zero-order chi connectivity index (χ0) is 14.8. The molecule has 0 fully saturated rings. The Morgan fingerprint density at radius 2 is 1.85 bits per heavy atom. The van der Waals surface area contributed by atoms with Gasteiger partial charge >= 0.3 is 0 Å². The van der Waals surface area contributed by atoms with E-state index in [1.165, 1.54) is 0 Å². The van der Waals surface area contributed by atoms with Crippen molar-refractivity contribution < 1.29 is 18.9 Å². The van der Waals surface area contributed by atoms with Gasteiger partial charge in [-0.05, 0) is 19.5 Å². The number of methoxy groups -OCH3 is 3. The summed E-state index contributed by atoms with van der Waals surface area (Å²) in [7, 11) is 6.92. The minimum Gasteiger partial charge on any atom is -0.497 e. The smallest absolute Gasteiger partial charge is 0.127 e. The van der Waals surface area contributed by atoms with E-state index < -0.39 is 0 Å². The minimum absolute atomic E-state index is 0.179. The molecule has 1 unspecified atom stereocenters. The minimum atomic E-state index is 0.179. The second-order valence-corrected chi connectivity index (χ2v) is 4.34. The highest BCUT2D eigenvalue weighted by Gasteiger charge is 2.15. The van der Waals surface area contributed by atoms with Crippen molar-refractivity contribution in [3.05, 3.63) is 23.8 Å². The number of hydrogen-bond donors (Lipinski definition) is 1. The zero-order valence-electron chi connectivity index (χ0n) is 12.8. The normalized spacial score (nSPS) is 12.2. The quantitative estimate of drug-likeness (QED) is 0.666. The lowest BCUT2D eigenvalue weighted by Crippen LogP contribution is -2.19. The van der Waals surface area contributed by atoms with Gasteiger partial charge in [0.05, 0.1) is 27.4 Å². The van der Waals surface area contributed by atoms with Crippen LogP contribution in [0.5, 0.6) is 11.5 Å². The van der Waals surface area contributed by atoms with Crippen molar-refractivity contribution in [3.63, 3.8) is 0 Å². The van der Waals surface area contributed by atoms with Gasteiger partial charge in [0.15, 0.2) is 0 Å². The Hall–Kier alpha value is -1.30. The lowest BCUT2D eigenvalue weighted by atomic mass is 10.0. The maximum absolute atomic E-state index is 5.52. The van der Waals surface area contributed by atoms with Crippen LogP contribution in [0.1, 0.15) is 18.0 Å². The topological polar surface area (TPSA) is 49.0 Å². The second kappa shape index (κ2) is 9.58. The molecule has 0 aliphatic heterocycles. The molecular weight excluding hydrogens is 258 g/mol. The molecule has 0 heterocycles. The zero-order valence-corrected chi connectivity index (χ0v) is 12.8. The van der Waals surface area contributed by atoms with E-state index in [2.05, 4.69) is 5.32 Å². The second-order valence-electron chi connectivity index (χ2n) is 4.34. The highest BCUT2D eigenvalue weighted by Crippen LogP contribution is 2.30. The van der Waals surface area contributed by atoms with Crippen LogP contribution in [0.4, 0.5) is 0 Å². The van der Waals surface area contributed by atoms with Gasteiger partial charge in [-0.1, -0.05) is 6.07 Å². The first-order valence-corrected chi connectivity index (χ1v) is 6.72. The van der Waals surface area contributed by atoms with Crippen LogP contribution in [0.2, 0.25) is 0 Å². The number of ether oxygens (including phenoxy) is 4. The van der Waals surface area contributed by atoms with Crippen LogP contribution in [0.15, 0.2) is 18.2 Å². The number of benzene rings is 1. The van der Waals surface area contributed by atoms with E-state index in [9.17, 15) is 0 Å². The molecule has 20 heavy (non-hydrogen) atoms. The van der Waals surface area contributed by atoms with Gasteiger partial charge in [0.1, 0.15) is 11.5 Å². The summed E-state index contributed by atoms with van der Waals surface area (Å²) in [5.41, 5.74) is 1.10. The van der Waals surface area contributed by atoms with E-state index >= 15 is 0 Å². The molecule has 1 N–H and O–H groups in total. The Balaban J connectivity index is 2.64. The molecule has 0 spiro atoms. The van der Waals surface area contributed by atoms with Gasteiger partial charge in [-0.15, -0.1) is 0 Å². The largest absolute Gasteiger partial charge is 0.497 e. The maximum Gasteiger partial charge on any atom is 0.127 e. The van der Waals surface area contributed by atoms with Crippen molar-refractivity contribution in [3.8, 4) is 11.5 Å². The van der Waals surface area contributed by atoms with Crippen molar-refractivity contribution in [1.82, 2.24) is 5.32 Å². The van der Waals surface area contributed by atoms with Crippen molar-refractivity contribution in [1.29, 1.82) is 0 Å². The molecule has 0 aliphatic rings. The van der Waals surface area contributed by atoms with E-state index in [1.54, 1.807) is 21.3 Å². The standard InChI is InChI=1S/C15H25NO4/c1-16-14(7-8-20-10-9-17-2)13-6-5-12(18-3)11-15(13)19-4/h5-6,11,14,16H,7-10H2,1-4H3. The third kappa shape index (κ3) is 5.00. The molecule has 1 aromatic carbocycles. The SMILES string of the molecule is CNC(CCOCCOC)c1ccc(OC)cc1OC. The predicted molar refractivity (Wildman–Crippen MR) is 78.7 cm³/mol. The fraction of sp³-hybridized carbons (Fsp3) is 0.600. The van der Waals surface area contributed by atoms with Crippen LogP contribution in [-0.2, 0) is 9.47 Å². The molecule has 1 rings (SSSR count). The summed E-state index contributed by atoms with van der Waals surface area (Å²) in [5, 5.41) is 3.29. The molecule has 0 saturated heterocycles. The molecule has 0 radical (unpaired) electrons. The monoisotopic (exact) mass is 283 g/mol. The molecule has 1 aromatic rings. The molecular formula is C15H25NO4. The third-order valence-electron chi connectivity index (χ3n) is 3.15. The van der Waals surface area contributed by atoms with Crippen molar-refractivity contribution in [2.24, 2.45) is 0 Å². The lowest BCUT2D eigenvalue weighted by Gasteiger charge is -2.20. The van der Waals surface area contributed by atoms with Crippen molar-refractivity contribution in [2.45, 2.75) is 12.5 Å². The number of rotatable bonds is 10. The van der Waals surface area contributed by atoms with Crippen LogP contribution in [0.25, 0.3) is 0 Å². The first-order valence-electron chi connectivity index (χ1n) is 6.72. The van der Waals surface area contributed by atoms with Gasteiger partial charge in [0.2, 0.25) is 0 Å². The highest BCUT2D eigenvalue weighted by molar-refractivity contribution is 5.42. The van der Waals surface area contributed by atoms with E-state index in [1.807, 2.05) is 25.2 Å². The Kier molecular flexibility index (Phi) is 8.02. The molecule has 5 nitrogen and oxygen atoms in total. The molecule has 0 amide bonds. The Morgan fingerprint density at radius 1 is 1.05 bits per heavy atom. The Morgan fingerprint density at radius 3 is 2.45 bits per heavy atom. The molecule has 0 bridgehead atoms. The van der Waals surface area contributed by atoms with Crippen LogP contribution in [-0.4, -0.2) is 48.2 Å². The summed E-state index contributed by atoms with van der Waals surface area (Å²) >= 11 is 0. The fourth-order valence-corrected chi connectivity index (χ4v) is 2.01. The van der Waals surface area contributed by atoms with E-state index in [-0.39, 0.29) is 6.04 Å². The third-order valence-corrected chi connectivity index (χ3v) is 3.15. The molecule has 0 saturated carbocycles. The summed E-state index contributed by atoms with van der Waals surface area (Å²) in [6.07, 6.45) is 0.864. The Bertz CT molecular complexity index is 384. The Labute approximate surface area is 121 Å². The van der Waals surface area contributed by atoms with Gasteiger partial charge in [-0.25, -0.2) is 0 Å². The maximum atomic E-state index is 5.52. The highest BCUT2D eigenvalue weighted by atomic mass is 16.5. The molecule has 0 aromatic heterocycles. The van der Waals surface area contributed by atoms with Gasteiger partial charge < -0.3 is 24.3 Å². The molecule has 0 aliphatic carbocycles. The van der Waals surface area contributed by atoms with Crippen LogP contribution in [0.3, 0.4) is 0 Å². The fourth-order valence-electron chi connectivity index (χ4n) is 2.01. The van der Waals surface area contributed by atoms with E-state index in [0.717, 1.165) is 23.5 Å². The van der Waals surface area contributed by atoms with Crippen LogP contribution >= 0.6 is 0 Å². The average molecular weight is 283 g/mol. The van der Waals surface area contributed by atoms with Crippen molar-refractivity contribution in [2.75, 3.05) is 48.2 Å². The first-order chi connectivity index (χ1) is 9.76. The summed E-state index contributed by atoms with van der Waals surface area (Å²) in [5.74, 6) is 1.61. The number of nitrogens with one attached hydrogen (secondary N) is 1. The van der Waals surface area contributed by atoms with Crippen molar-refractivity contribution >= 4 is 0 Å². The van der Waals surface area contributed by atoms with Gasteiger partial charge in [-0.3, -0.25) is 0 Å². The molecule has 5 heteroatoms. The summed E-state index contributed by atoms with van der Waals surface area (Å²) in [4.78, 5) is 0. The average Bonchev–Trinajstić information content (AvgIpc) is 2.50. The summed E-state index contributed by atoms with van der Waals surface area (Å²) in [6.45, 7) is 1.91. The van der Waals surface area contributed by atoms with Crippen LogP contribution < -0.4 is 14.8 Å². The predicted octanol–water partition coefficient (Wildman–Crippen LogP) is 2.02. The summed E-state index contributed by atoms with van der Waals surface area (Å²) in [6, 6.07) is 6.03. The van der Waals surface area contributed by atoms with Gasteiger partial charge in [0, 0.05) is 31.4 Å². The van der Waals surface area contributed by atoms with E-state index in [4.69, 9.17) is 18.9 Å². The molecule has 1 atom stereocenters. The van der Waals surface area contributed by atoms with Crippen LogP contribution in [0, 0.1) is 0 Å². The first kappa shape index (κ1) is 16.8. The number of hydrogen-bond acceptors (Lipinski definition) is 5. The van der Waals surface area contributed by atoms with Gasteiger partial charge in [0.25, 0.3) is 0 Å². The summed E-state index contributed by atoms with van der Waals surface area (Å²) < 4.78 is 21.1. The van der Waals surface area contributed by atoms with E-state index in [0.29, 0.717) is 19.8 Å². The molecule has 114 valence electrons.